The van der Waals surface area contributed by atoms with Crippen molar-refractivity contribution in [1.29, 1.82) is 0 Å². The van der Waals surface area contributed by atoms with Crippen LogP contribution in [0.25, 0.3) is 0 Å². The Balaban J connectivity index is 2.04. The van der Waals surface area contributed by atoms with Crippen molar-refractivity contribution < 1.29 is 4.79 Å². The summed E-state index contributed by atoms with van der Waals surface area (Å²) >= 11 is 0. The van der Waals surface area contributed by atoms with Gasteiger partial charge in [-0.15, -0.1) is 0 Å². The summed E-state index contributed by atoms with van der Waals surface area (Å²) in [5.41, 5.74) is 6.19. The van der Waals surface area contributed by atoms with E-state index in [-0.39, 0.29) is 5.78 Å². The first-order valence-electron chi connectivity index (χ1n) is 5.23. The number of aromatic nitrogens is 1. The summed E-state index contributed by atoms with van der Waals surface area (Å²) in [6.45, 7) is 2.51. The number of rotatable bonds is 3. The van der Waals surface area contributed by atoms with Crippen LogP contribution in [-0.2, 0) is 0 Å². The van der Waals surface area contributed by atoms with Gasteiger partial charge >= 0.3 is 0 Å². The first-order valence-corrected chi connectivity index (χ1v) is 5.23. The van der Waals surface area contributed by atoms with Crippen LogP contribution in [0.1, 0.15) is 23.2 Å². The molecule has 1 aliphatic heterocycles. The number of anilines is 1. The zero-order chi connectivity index (χ0) is 10.7. The van der Waals surface area contributed by atoms with Gasteiger partial charge in [0.05, 0.1) is 12.1 Å². The van der Waals surface area contributed by atoms with E-state index < -0.39 is 0 Å². The van der Waals surface area contributed by atoms with Gasteiger partial charge in [0.1, 0.15) is 5.82 Å². The number of hydrogen-bond acceptors (Lipinski definition) is 4. The molecular formula is C11H15N3O. The van der Waals surface area contributed by atoms with Crippen molar-refractivity contribution in [1.82, 2.24) is 9.88 Å². The van der Waals surface area contributed by atoms with Crippen LogP contribution in [-0.4, -0.2) is 35.3 Å². The molecule has 4 heteroatoms. The van der Waals surface area contributed by atoms with Gasteiger partial charge in [0.25, 0.3) is 0 Å². The third-order valence-electron chi connectivity index (χ3n) is 2.70. The highest BCUT2D eigenvalue weighted by Crippen LogP contribution is 2.12. The fourth-order valence-electron chi connectivity index (χ4n) is 1.88. The van der Waals surface area contributed by atoms with Gasteiger partial charge in [0, 0.05) is 6.20 Å². The standard InChI is InChI=1S/C11H15N3O/c12-11-9(4-3-5-13-11)10(15)8-14-6-1-2-7-14/h3-5H,1-2,6-8H2,(H2,12,13). The minimum atomic E-state index is 0.0718. The largest absolute Gasteiger partial charge is 0.383 e. The number of nitrogens with zero attached hydrogens (tertiary/aromatic N) is 2. The molecule has 1 aliphatic rings. The Kier molecular flexibility index (Phi) is 2.97. The number of likely N-dealkylation sites (tertiary alicyclic amines) is 1. The van der Waals surface area contributed by atoms with Gasteiger partial charge in [-0.3, -0.25) is 9.69 Å². The van der Waals surface area contributed by atoms with Gasteiger partial charge in [0.2, 0.25) is 0 Å². The van der Waals surface area contributed by atoms with E-state index in [1.807, 2.05) is 0 Å². The Morgan fingerprint density at radius 3 is 2.87 bits per heavy atom. The van der Waals surface area contributed by atoms with Crippen LogP contribution in [0.4, 0.5) is 5.82 Å². The lowest BCUT2D eigenvalue weighted by Crippen LogP contribution is -2.27. The molecule has 0 spiro atoms. The molecule has 0 saturated carbocycles. The summed E-state index contributed by atoms with van der Waals surface area (Å²) in [6.07, 6.45) is 3.98. The van der Waals surface area contributed by atoms with E-state index in [1.165, 1.54) is 12.8 Å². The lowest BCUT2D eigenvalue weighted by Gasteiger charge is -2.13. The first kappa shape index (κ1) is 10.1. The number of carbonyl (C=O) groups excluding carboxylic acids is 1. The van der Waals surface area contributed by atoms with Gasteiger partial charge in [-0.05, 0) is 38.1 Å². The van der Waals surface area contributed by atoms with E-state index in [2.05, 4.69) is 9.88 Å². The molecule has 0 unspecified atom stereocenters. The van der Waals surface area contributed by atoms with Crippen LogP contribution in [0.15, 0.2) is 18.3 Å². The SMILES string of the molecule is Nc1ncccc1C(=O)CN1CCCC1. The maximum Gasteiger partial charge on any atom is 0.180 e. The molecule has 2 heterocycles. The number of hydrogen-bond donors (Lipinski definition) is 1. The summed E-state index contributed by atoms with van der Waals surface area (Å²) < 4.78 is 0. The van der Waals surface area contributed by atoms with Crippen molar-refractivity contribution in [2.45, 2.75) is 12.8 Å². The van der Waals surface area contributed by atoms with Gasteiger partial charge in [0.15, 0.2) is 5.78 Å². The van der Waals surface area contributed by atoms with E-state index in [0.717, 1.165) is 13.1 Å². The number of nitrogen functional groups attached to an aromatic ring is 1. The van der Waals surface area contributed by atoms with Gasteiger partial charge in [-0.25, -0.2) is 4.98 Å². The first-order chi connectivity index (χ1) is 7.27. The number of pyridine rings is 1. The van der Waals surface area contributed by atoms with Crippen LogP contribution in [0.5, 0.6) is 0 Å². The Bertz CT molecular complexity index is 359. The highest BCUT2D eigenvalue weighted by molar-refractivity contribution is 6.01. The predicted octanol–water partition coefficient (Wildman–Crippen LogP) is 0.942. The normalized spacial score (nSPS) is 16.8. The quantitative estimate of drug-likeness (QED) is 0.746. The molecule has 15 heavy (non-hydrogen) atoms. The van der Waals surface area contributed by atoms with Crippen molar-refractivity contribution >= 4 is 11.6 Å². The zero-order valence-corrected chi connectivity index (χ0v) is 8.65. The summed E-state index contributed by atoms with van der Waals surface area (Å²) in [5.74, 6) is 0.407. The Labute approximate surface area is 89.1 Å². The van der Waals surface area contributed by atoms with Crippen molar-refractivity contribution in [3.63, 3.8) is 0 Å². The van der Waals surface area contributed by atoms with Gasteiger partial charge in [-0.2, -0.15) is 0 Å². The fourth-order valence-corrected chi connectivity index (χ4v) is 1.88. The minimum absolute atomic E-state index is 0.0718. The van der Waals surface area contributed by atoms with E-state index in [4.69, 9.17) is 5.73 Å². The third kappa shape index (κ3) is 2.33. The molecule has 0 atom stereocenters. The Morgan fingerprint density at radius 1 is 1.47 bits per heavy atom. The lowest BCUT2D eigenvalue weighted by molar-refractivity contribution is 0.0946. The molecular weight excluding hydrogens is 190 g/mol. The van der Waals surface area contributed by atoms with E-state index >= 15 is 0 Å². The molecule has 80 valence electrons. The molecule has 1 aromatic rings. The topological polar surface area (TPSA) is 59.2 Å². The van der Waals surface area contributed by atoms with E-state index in [9.17, 15) is 4.79 Å². The second kappa shape index (κ2) is 4.40. The zero-order valence-electron chi connectivity index (χ0n) is 8.65. The van der Waals surface area contributed by atoms with Crippen molar-refractivity contribution in [3.05, 3.63) is 23.9 Å². The number of nitrogens with two attached hydrogens (primary N) is 1. The second-order valence-electron chi connectivity index (χ2n) is 3.84. The molecule has 0 bridgehead atoms. The molecule has 1 saturated heterocycles. The molecule has 0 aliphatic carbocycles. The molecule has 0 radical (unpaired) electrons. The van der Waals surface area contributed by atoms with Gasteiger partial charge in [-0.1, -0.05) is 0 Å². The molecule has 2 N–H and O–H groups in total. The maximum absolute atomic E-state index is 11.9. The number of carbonyl (C=O) groups is 1. The van der Waals surface area contributed by atoms with Gasteiger partial charge < -0.3 is 5.73 Å². The number of ketones is 1. The predicted molar refractivity (Wildman–Crippen MR) is 58.7 cm³/mol. The number of Topliss-reactive ketones (excluding diaryl/α,β-unsaturated/α-hetero) is 1. The summed E-state index contributed by atoms with van der Waals surface area (Å²) in [6, 6.07) is 3.48. The molecule has 0 aromatic carbocycles. The monoisotopic (exact) mass is 205 g/mol. The van der Waals surface area contributed by atoms with E-state index in [1.54, 1.807) is 18.3 Å². The minimum Gasteiger partial charge on any atom is -0.383 e. The maximum atomic E-state index is 11.9. The average molecular weight is 205 g/mol. The molecule has 0 amide bonds. The Morgan fingerprint density at radius 2 is 2.20 bits per heavy atom. The van der Waals surface area contributed by atoms with Crippen LogP contribution in [0, 0.1) is 0 Å². The van der Waals surface area contributed by atoms with E-state index in [0.29, 0.717) is 17.9 Å². The summed E-state index contributed by atoms with van der Waals surface area (Å²) in [5, 5.41) is 0. The molecule has 2 rings (SSSR count). The Hall–Kier alpha value is -1.42. The van der Waals surface area contributed by atoms with Crippen LogP contribution in [0.3, 0.4) is 0 Å². The highest BCUT2D eigenvalue weighted by Gasteiger charge is 2.17. The summed E-state index contributed by atoms with van der Waals surface area (Å²) in [7, 11) is 0. The smallest absolute Gasteiger partial charge is 0.180 e. The van der Waals surface area contributed by atoms with Crippen molar-refractivity contribution in [3.8, 4) is 0 Å². The third-order valence-corrected chi connectivity index (χ3v) is 2.70. The lowest BCUT2D eigenvalue weighted by atomic mass is 10.1. The van der Waals surface area contributed by atoms with Crippen LogP contribution >= 0.6 is 0 Å². The highest BCUT2D eigenvalue weighted by atomic mass is 16.1. The average Bonchev–Trinajstić information content (AvgIpc) is 2.71. The second-order valence-corrected chi connectivity index (χ2v) is 3.84. The molecule has 1 fully saturated rings. The van der Waals surface area contributed by atoms with Crippen LogP contribution < -0.4 is 5.73 Å². The molecule has 1 aromatic heterocycles. The summed E-state index contributed by atoms with van der Waals surface area (Å²) in [4.78, 5) is 17.9. The van der Waals surface area contributed by atoms with Crippen molar-refractivity contribution in [2.75, 3.05) is 25.4 Å². The van der Waals surface area contributed by atoms with Crippen LogP contribution in [0.2, 0.25) is 0 Å². The fraction of sp³-hybridized carbons (Fsp3) is 0.455. The van der Waals surface area contributed by atoms with Crippen molar-refractivity contribution in [2.24, 2.45) is 0 Å². The molecule has 4 nitrogen and oxygen atoms in total.